The number of halogens is 4. The number of carbonyl (C=O) groups is 1. The number of rotatable bonds is 8. The van der Waals surface area contributed by atoms with Crippen molar-refractivity contribution in [2.75, 3.05) is 26.3 Å². The van der Waals surface area contributed by atoms with E-state index < -0.39 is 28.3 Å². The Morgan fingerprint density at radius 1 is 1.29 bits per heavy atom. The molecule has 0 aliphatic carbocycles. The van der Waals surface area contributed by atoms with Gasteiger partial charge in [0.1, 0.15) is 5.69 Å². The number of nitro benzene ring substituents is 1. The molecule has 2 aromatic rings. The molecule has 0 heterocycles. The van der Waals surface area contributed by atoms with Gasteiger partial charge in [0.2, 0.25) is 0 Å². The lowest BCUT2D eigenvalue weighted by molar-refractivity contribution is -0.384. The van der Waals surface area contributed by atoms with Crippen LogP contribution in [0.2, 0.25) is 0 Å². The molecule has 166 valence electrons. The van der Waals surface area contributed by atoms with Gasteiger partial charge in [-0.25, -0.2) is 4.79 Å². The summed E-state index contributed by atoms with van der Waals surface area (Å²) in [6.45, 7) is -0.324. The molecule has 0 fully saturated rings. The van der Waals surface area contributed by atoms with E-state index in [0.717, 1.165) is 6.07 Å². The Morgan fingerprint density at radius 2 is 2.00 bits per heavy atom. The van der Waals surface area contributed by atoms with Gasteiger partial charge in [-0.2, -0.15) is 18.3 Å². The van der Waals surface area contributed by atoms with Gasteiger partial charge >= 0.3 is 12.1 Å². The van der Waals surface area contributed by atoms with Crippen LogP contribution in [0.5, 0.6) is 11.5 Å². The van der Waals surface area contributed by atoms with E-state index in [9.17, 15) is 28.1 Å². The first-order chi connectivity index (χ1) is 14.6. The van der Waals surface area contributed by atoms with Crippen LogP contribution in [0.15, 0.2) is 35.4 Å². The van der Waals surface area contributed by atoms with Crippen LogP contribution in [-0.2, 0) is 15.7 Å². The number of hydrogen-bond acceptors (Lipinski definition) is 8. The highest BCUT2D eigenvalue weighted by molar-refractivity contribution is 14.1. The van der Waals surface area contributed by atoms with Crippen molar-refractivity contribution in [1.82, 2.24) is 0 Å². The normalized spacial score (nSPS) is 11.3. The fourth-order valence-corrected chi connectivity index (χ4v) is 3.06. The molecule has 1 N–H and O–H groups in total. The summed E-state index contributed by atoms with van der Waals surface area (Å²) in [5.41, 5.74) is 0.730. The lowest BCUT2D eigenvalue weighted by Gasteiger charge is -2.12. The quantitative estimate of drug-likeness (QED) is 0.171. The van der Waals surface area contributed by atoms with Gasteiger partial charge in [0.25, 0.3) is 5.69 Å². The van der Waals surface area contributed by atoms with Crippen molar-refractivity contribution in [3.8, 4) is 11.5 Å². The second-order valence-electron chi connectivity index (χ2n) is 5.76. The SMILES string of the molecule is COC(=O)COc1c(I)cc(/C=N\Nc2ccc(C(F)(F)F)cc2[N+](=O)[O-])cc1OC. The number of carbonyl (C=O) groups excluding carboxylic acids is 1. The molecule has 0 unspecified atom stereocenters. The highest BCUT2D eigenvalue weighted by atomic mass is 127. The smallest absolute Gasteiger partial charge is 0.416 e. The van der Waals surface area contributed by atoms with Crippen LogP contribution in [0, 0.1) is 13.7 Å². The molecule has 0 aliphatic rings. The van der Waals surface area contributed by atoms with Gasteiger partial charge < -0.3 is 14.2 Å². The third-order valence-electron chi connectivity index (χ3n) is 3.73. The summed E-state index contributed by atoms with van der Waals surface area (Å²) in [4.78, 5) is 21.4. The Hall–Kier alpha value is -3.10. The molecule has 0 aliphatic heterocycles. The fourth-order valence-electron chi connectivity index (χ4n) is 2.27. The average Bonchev–Trinajstić information content (AvgIpc) is 2.71. The van der Waals surface area contributed by atoms with Crippen LogP contribution in [0.1, 0.15) is 11.1 Å². The maximum Gasteiger partial charge on any atom is 0.416 e. The van der Waals surface area contributed by atoms with Gasteiger partial charge in [0.15, 0.2) is 18.1 Å². The van der Waals surface area contributed by atoms with Crippen molar-refractivity contribution >= 4 is 46.1 Å². The van der Waals surface area contributed by atoms with E-state index in [0.29, 0.717) is 27.0 Å². The van der Waals surface area contributed by atoms with Gasteiger partial charge in [0, 0.05) is 6.07 Å². The topological polar surface area (TPSA) is 112 Å². The average molecular weight is 553 g/mol. The molecule has 0 saturated heterocycles. The van der Waals surface area contributed by atoms with E-state index >= 15 is 0 Å². The summed E-state index contributed by atoms with van der Waals surface area (Å²) in [5.74, 6) is 0.0144. The third-order valence-corrected chi connectivity index (χ3v) is 4.54. The summed E-state index contributed by atoms with van der Waals surface area (Å²) >= 11 is 1.95. The summed E-state index contributed by atoms with van der Waals surface area (Å²) < 4.78 is 54.0. The third kappa shape index (κ3) is 6.44. The number of ether oxygens (including phenoxy) is 3. The minimum atomic E-state index is -4.71. The molecule has 0 saturated carbocycles. The summed E-state index contributed by atoms with van der Waals surface area (Å²) in [6, 6.07) is 5.22. The van der Waals surface area contributed by atoms with Crippen molar-refractivity contribution in [1.29, 1.82) is 0 Å². The molecule has 9 nitrogen and oxygen atoms in total. The maximum atomic E-state index is 12.8. The molecular weight excluding hydrogens is 538 g/mol. The first-order valence-electron chi connectivity index (χ1n) is 8.28. The van der Waals surface area contributed by atoms with Crippen molar-refractivity contribution < 1.29 is 37.1 Å². The second-order valence-corrected chi connectivity index (χ2v) is 6.92. The molecule has 2 rings (SSSR count). The number of nitrogens with one attached hydrogen (secondary N) is 1. The largest absolute Gasteiger partial charge is 0.493 e. The molecule has 0 radical (unpaired) electrons. The van der Waals surface area contributed by atoms with E-state index in [2.05, 4.69) is 15.3 Å². The molecule has 0 amide bonds. The monoisotopic (exact) mass is 553 g/mol. The number of benzene rings is 2. The van der Waals surface area contributed by atoms with E-state index in [1.807, 2.05) is 22.6 Å². The molecular formula is C18H15F3IN3O6. The highest BCUT2D eigenvalue weighted by Crippen LogP contribution is 2.35. The number of alkyl halides is 3. The second kappa shape index (κ2) is 10.3. The zero-order chi connectivity index (χ0) is 23.2. The fraction of sp³-hybridized carbons (Fsp3) is 0.222. The zero-order valence-electron chi connectivity index (χ0n) is 16.0. The molecule has 0 atom stereocenters. The first kappa shape index (κ1) is 24.2. The zero-order valence-corrected chi connectivity index (χ0v) is 18.2. The highest BCUT2D eigenvalue weighted by Gasteiger charge is 2.33. The van der Waals surface area contributed by atoms with Crippen LogP contribution in [0.4, 0.5) is 24.5 Å². The van der Waals surface area contributed by atoms with Gasteiger partial charge in [-0.1, -0.05) is 0 Å². The molecule has 0 bridgehead atoms. The van der Waals surface area contributed by atoms with Crippen molar-refractivity contribution in [3.05, 3.63) is 55.1 Å². The molecule has 13 heteroatoms. The van der Waals surface area contributed by atoms with Gasteiger partial charge in [-0.05, 0) is 52.4 Å². The maximum absolute atomic E-state index is 12.8. The lowest BCUT2D eigenvalue weighted by Crippen LogP contribution is -2.13. The minimum absolute atomic E-state index is 0.214. The van der Waals surface area contributed by atoms with Crippen molar-refractivity contribution in [3.63, 3.8) is 0 Å². The Bertz CT molecular complexity index is 1010. The van der Waals surface area contributed by atoms with E-state index in [4.69, 9.17) is 9.47 Å². The Balaban J connectivity index is 2.23. The molecule has 31 heavy (non-hydrogen) atoms. The number of anilines is 1. The minimum Gasteiger partial charge on any atom is -0.493 e. The van der Waals surface area contributed by atoms with E-state index in [1.54, 1.807) is 6.07 Å². The molecule has 2 aromatic carbocycles. The van der Waals surface area contributed by atoms with E-state index in [-0.39, 0.29) is 18.0 Å². The van der Waals surface area contributed by atoms with Crippen LogP contribution >= 0.6 is 22.6 Å². The predicted molar refractivity (Wildman–Crippen MR) is 113 cm³/mol. The van der Waals surface area contributed by atoms with Crippen LogP contribution in [0.25, 0.3) is 0 Å². The van der Waals surface area contributed by atoms with Crippen molar-refractivity contribution in [2.24, 2.45) is 5.10 Å². The first-order valence-corrected chi connectivity index (χ1v) is 9.36. The Kier molecular flexibility index (Phi) is 8.01. The van der Waals surface area contributed by atoms with Crippen LogP contribution in [0.3, 0.4) is 0 Å². The van der Waals surface area contributed by atoms with Crippen LogP contribution in [-0.4, -0.2) is 37.9 Å². The van der Waals surface area contributed by atoms with Crippen LogP contribution < -0.4 is 14.9 Å². The summed E-state index contributed by atoms with van der Waals surface area (Å²) in [5, 5.41) is 15.0. The number of nitrogens with zero attached hydrogens (tertiary/aromatic N) is 2. The van der Waals surface area contributed by atoms with Gasteiger partial charge in [-0.3, -0.25) is 15.5 Å². The Morgan fingerprint density at radius 3 is 2.58 bits per heavy atom. The standard InChI is InChI=1S/C18H15F3IN3O6/c1-29-15-6-10(5-12(22)17(15)31-9-16(26)30-2)8-23-24-13-4-3-11(18(19,20)21)7-14(13)25(27)28/h3-8,24H,9H2,1-2H3/b23-8-. The number of esters is 1. The van der Waals surface area contributed by atoms with Crippen molar-refractivity contribution in [2.45, 2.75) is 6.18 Å². The number of hydrazone groups is 1. The number of hydrogen-bond donors (Lipinski definition) is 1. The number of methoxy groups -OCH3 is 2. The van der Waals surface area contributed by atoms with E-state index in [1.165, 1.54) is 26.5 Å². The summed E-state index contributed by atoms with van der Waals surface area (Å²) in [6.07, 6.45) is -3.42. The summed E-state index contributed by atoms with van der Waals surface area (Å²) in [7, 11) is 2.61. The van der Waals surface area contributed by atoms with Gasteiger partial charge in [0.05, 0.1) is 34.5 Å². The predicted octanol–water partition coefficient (Wildman–Crippen LogP) is 4.22. The lowest BCUT2D eigenvalue weighted by atomic mass is 10.1. The molecule has 0 spiro atoms. The van der Waals surface area contributed by atoms with Gasteiger partial charge in [-0.15, -0.1) is 0 Å². The number of nitro groups is 1. The Labute approximate surface area is 187 Å². The molecule has 0 aromatic heterocycles.